The van der Waals surface area contributed by atoms with Crippen LogP contribution in [0, 0.1) is 17.8 Å². The van der Waals surface area contributed by atoms with Crippen molar-refractivity contribution in [2.45, 2.75) is 170 Å². The van der Waals surface area contributed by atoms with Crippen LogP contribution in [0.4, 0.5) is 0 Å². The number of aliphatic hydroxyl groups is 6. The molecule has 5 aromatic carbocycles. The predicted molar refractivity (Wildman–Crippen MR) is 353 cm³/mol. The van der Waals surface area contributed by atoms with Gasteiger partial charge >= 0.3 is 5.97 Å². The number of amides is 5. The minimum Gasteiger partial charge on any atom is -0.508 e. The van der Waals surface area contributed by atoms with Crippen LogP contribution in [-0.2, 0) is 52.6 Å². The molecule has 12 rings (SSSR count). The number of primary amides is 1. The molecule has 0 aromatic heterocycles. The number of carbonyl (C=O) groups excluding carboxylic acids is 7. The molecular weight excluding hydrogens is 1370 g/mol. The van der Waals surface area contributed by atoms with E-state index in [0.29, 0.717) is 12.8 Å². The van der Waals surface area contributed by atoms with Gasteiger partial charge < -0.3 is 112 Å². The number of halogens is 2. The third-order valence-corrected chi connectivity index (χ3v) is 19.2. The number of phenols is 3. The molecule has 2 fully saturated rings. The normalized spacial score (nSPS) is 29.6. The molecule has 18 atom stereocenters. The molecule has 7 heterocycles. The first-order valence-electron chi connectivity index (χ1n) is 32.4. The Labute approximate surface area is 586 Å². The van der Waals surface area contributed by atoms with Crippen molar-refractivity contribution >= 4 is 70.3 Å². The van der Waals surface area contributed by atoms with Gasteiger partial charge in [-0.25, -0.2) is 4.79 Å². The van der Waals surface area contributed by atoms with E-state index >= 15 is 14.4 Å². The molecule has 7 aliphatic rings. The van der Waals surface area contributed by atoms with Crippen LogP contribution in [0.2, 0.25) is 10.0 Å². The van der Waals surface area contributed by atoms with Crippen molar-refractivity contribution in [2.75, 3.05) is 6.61 Å². The lowest BCUT2D eigenvalue weighted by Gasteiger charge is -2.47. The summed E-state index contributed by atoms with van der Waals surface area (Å²) < 4.78 is 38.5. The molecule has 0 spiro atoms. The zero-order valence-corrected chi connectivity index (χ0v) is 56.5. The second kappa shape index (κ2) is 30.4. The molecular formula is C69H78Cl2N6O24. The number of fused-ring (bicyclic) bond motifs is 15. The molecule has 0 aliphatic carbocycles. The molecule has 0 unspecified atom stereocenters. The standard InChI is InChI=1S/C69H78Cl2N6O24/c1-6-28(13-26(2)3)63(90)76-54-42(82)17-33(20-49(72)84)64(91)74-52-32-18-46(97-44-11-8-30(56(54)85)15-38(44)70)60(101-68-61(59(88)58(87)48(25-78)99-68)100-50-24-69(5,73)62(89)27(4)96-50)47(19-32)98-45-12-9-31(16-39(45)71)57(86)55-66(93)75-53(67(94)95)37-21-34(79)22-41(81)51(37)36-14-29(7-10-40(36)80)35(23-43(52)83)65(92)77-55/h7-12,14-16,18-19,21-22,26-28,33,35,48,50,52-59,61-62,68,78-81,85-89H,6,13,17,20,23-25,73H2,1-5H3,(H2,72,84)(H,74,91)(H,75,93)(H,76,90)(H,77,92)(H,94,95)/t27-,28-,33+,35-,48+,50-,52-,53-,54+,55+,56-,57-,58-,59+,61+,62-,68+,69+/m1/s1. The number of ether oxygens (including phenoxy) is 6. The van der Waals surface area contributed by atoms with Gasteiger partial charge in [0.15, 0.2) is 41.5 Å². The molecule has 0 saturated carbocycles. The Hall–Kier alpha value is -8.76. The number of aliphatic carboxylic acids is 1. The molecule has 5 amide bonds. The first kappa shape index (κ1) is 74.9. The predicted octanol–water partition coefficient (Wildman–Crippen LogP) is 3.52. The lowest BCUT2D eigenvalue weighted by molar-refractivity contribution is -0.333. The van der Waals surface area contributed by atoms with Gasteiger partial charge in [0.1, 0.15) is 77.4 Å². The summed E-state index contributed by atoms with van der Waals surface area (Å²) in [5, 5.41) is 123. The number of carboxylic acids is 1. The van der Waals surface area contributed by atoms with Crippen molar-refractivity contribution in [3.8, 4) is 57.1 Å². The van der Waals surface area contributed by atoms with E-state index in [1.54, 1.807) is 6.92 Å². The van der Waals surface area contributed by atoms with E-state index in [9.17, 15) is 75.0 Å². The molecule has 542 valence electrons. The lowest BCUT2D eigenvalue weighted by atomic mass is 9.84. The molecule has 101 heavy (non-hydrogen) atoms. The zero-order valence-electron chi connectivity index (χ0n) is 54.9. The number of hydrogen-bond donors (Lipinski definition) is 16. The van der Waals surface area contributed by atoms with E-state index in [1.807, 2.05) is 13.8 Å². The summed E-state index contributed by atoms with van der Waals surface area (Å²) in [6, 6.07) is 5.66. The van der Waals surface area contributed by atoms with Gasteiger partial charge in [0.25, 0.3) is 0 Å². The Morgan fingerprint density at radius 3 is 1.96 bits per heavy atom. The number of aromatic hydroxyl groups is 3. The first-order chi connectivity index (χ1) is 47.7. The summed E-state index contributed by atoms with van der Waals surface area (Å²) >= 11 is 14.2. The number of benzene rings is 5. The van der Waals surface area contributed by atoms with Crippen LogP contribution in [-0.4, -0.2) is 172 Å². The minimum atomic E-state index is -2.24. The molecule has 32 heteroatoms. The Morgan fingerprint density at radius 1 is 0.743 bits per heavy atom. The number of phenolic OH excluding ortho intramolecular Hbond substituents is 3. The van der Waals surface area contributed by atoms with Gasteiger partial charge in [-0.1, -0.05) is 62.2 Å². The van der Waals surface area contributed by atoms with Crippen molar-refractivity contribution in [3.05, 3.63) is 117 Å². The highest BCUT2D eigenvalue weighted by atomic mass is 35.5. The highest BCUT2D eigenvalue weighted by Crippen LogP contribution is 2.50. The van der Waals surface area contributed by atoms with Crippen molar-refractivity contribution in [3.63, 3.8) is 0 Å². The molecule has 18 N–H and O–H groups in total. The van der Waals surface area contributed by atoms with Crippen LogP contribution in [0.1, 0.15) is 131 Å². The summed E-state index contributed by atoms with van der Waals surface area (Å²) in [7, 11) is 0. The van der Waals surface area contributed by atoms with E-state index in [0.717, 1.165) is 54.6 Å². The third kappa shape index (κ3) is 16.0. The third-order valence-electron chi connectivity index (χ3n) is 18.6. The number of ketones is 2. The largest absolute Gasteiger partial charge is 0.508 e. The highest BCUT2D eigenvalue weighted by Gasteiger charge is 2.51. The van der Waals surface area contributed by atoms with E-state index in [-0.39, 0.29) is 51.1 Å². The van der Waals surface area contributed by atoms with E-state index in [2.05, 4.69) is 21.3 Å². The number of carbonyl (C=O) groups is 8. The summed E-state index contributed by atoms with van der Waals surface area (Å²) in [6.45, 7) is 7.55. The first-order valence-corrected chi connectivity index (χ1v) is 33.2. The summed E-state index contributed by atoms with van der Waals surface area (Å²) in [6.07, 6.45) is -19.8. The molecule has 7 aliphatic heterocycles. The topological polar surface area (TPSA) is 494 Å². The van der Waals surface area contributed by atoms with Crippen molar-refractivity contribution < 1.29 is 118 Å². The number of aliphatic hydroxyl groups excluding tert-OH is 6. The van der Waals surface area contributed by atoms with Gasteiger partial charge in [-0.2, -0.15) is 0 Å². The smallest absolute Gasteiger partial charge is 0.330 e. The molecule has 0 radical (unpaired) electrons. The maximum atomic E-state index is 16.2. The fraction of sp³-hybridized carbons (Fsp3) is 0.449. The average molecular weight is 1450 g/mol. The zero-order chi connectivity index (χ0) is 73.5. The number of nitrogens with two attached hydrogens (primary N) is 2. The second-order valence-electron chi connectivity index (χ2n) is 26.6. The van der Waals surface area contributed by atoms with Gasteiger partial charge in [-0.3, -0.25) is 33.6 Å². The minimum absolute atomic E-state index is 0.0143. The van der Waals surface area contributed by atoms with E-state index in [1.165, 1.54) is 38.1 Å². The van der Waals surface area contributed by atoms with E-state index in [4.69, 9.17) is 63.1 Å². The number of rotatable bonds is 13. The van der Waals surface area contributed by atoms with Gasteiger partial charge in [0, 0.05) is 59.9 Å². The molecule has 30 nitrogen and oxygen atoms in total. The van der Waals surface area contributed by atoms with Gasteiger partial charge in [0.05, 0.1) is 40.7 Å². The van der Waals surface area contributed by atoms with Gasteiger partial charge in [-0.05, 0) is 109 Å². The SMILES string of the molecule is CC[C@H](CC(C)C)C(=O)N[C@H]1C(=O)C[C@@H](CC(N)=O)C(=O)N[C@H]2C(=O)C[C@H]3C(=O)N[C@H](C(=O)N[C@@H](C(=O)O)c4cc(O)cc(O)c4-c4cc3ccc4O)[C@H](O)c3ccc(c(Cl)c3)Oc3cc2cc(c3O[C@@H]2O[C@@H](CO)[C@@H](O)[C@H](O)[C@@H]2O[C@@H]2C[C@](C)(N)[C@H](O)[C@@H](C)O2)Oc2ccc(cc2Cl)[C@H]1O. The Bertz CT molecular complexity index is 4060. The van der Waals surface area contributed by atoms with Crippen LogP contribution >= 0.6 is 23.2 Å². The summed E-state index contributed by atoms with van der Waals surface area (Å²) in [5.41, 5.74) is 8.53. The highest BCUT2D eigenvalue weighted by molar-refractivity contribution is 6.32. The van der Waals surface area contributed by atoms with Crippen LogP contribution < -0.4 is 46.9 Å². The Balaban J connectivity index is 1.24. The van der Waals surface area contributed by atoms with Crippen LogP contribution in [0.25, 0.3) is 11.1 Å². The second-order valence-corrected chi connectivity index (χ2v) is 27.4. The maximum Gasteiger partial charge on any atom is 0.330 e. The van der Waals surface area contributed by atoms with Gasteiger partial charge in [-0.15, -0.1) is 0 Å². The maximum absolute atomic E-state index is 16.2. The van der Waals surface area contributed by atoms with E-state index < -0.39 is 238 Å². The monoisotopic (exact) mass is 1440 g/mol. The van der Waals surface area contributed by atoms with Crippen molar-refractivity contribution in [1.29, 1.82) is 0 Å². The van der Waals surface area contributed by atoms with Crippen molar-refractivity contribution in [1.82, 2.24) is 21.3 Å². The molecule has 5 aromatic rings. The van der Waals surface area contributed by atoms with Crippen LogP contribution in [0.5, 0.6) is 46.0 Å². The molecule has 2 saturated heterocycles. The number of carboxylic acid groups (broad SMARTS) is 1. The lowest BCUT2D eigenvalue weighted by Crippen LogP contribution is -2.64. The number of Topliss-reactive ketones (excluding diaryl/α,β-unsaturated/α-hetero) is 2. The number of hydrogen-bond acceptors (Lipinski definition) is 24. The Kier molecular flexibility index (Phi) is 22.6. The van der Waals surface area contributed by atoms with Crippen LogP contribution in [0.3, 0.4) is 0 Å². The summed E-state index contributed by atoms with van der Waals surface area (Å²) in [4.78, 5) is 117. The fourth-order valence-electron chi connectivity index (χ4n) is 13.2. The number of nitrogens with one attached hydrogen (secondary N) is 4. The summed E-state index contributed by atoms with van der Waals surface area (Å²) in [5.74, 6) is -18.9. The van der Waals surface area contributed by atoms with Crippen LogP contribution in [0.15, 0.2) is 78.9 Å². The quantitative estimate of drug-likeness (QED) is 0.0801. The fourth-order valence-corrected chi connectivity index (χ4v) is 13.7. The van der Waals surface area contributed by atoms with Crippen molar-refractivity contribution in [2.24, 2.45) is 29.2 Å². The average Bonchev–Trinajstić information content (AvgIpc) is 0.775. The Morgan fingerprint density at radius 2 is 1.38 bits per heavy atom. The molecule has 11 bridgehead atoms. The van der Waals surface area contributed by atoms with Gasteiger partial charge in [0.2, 0.25) is 41.6 Å².